The van der Waals surface area contributed by atoms with Gasteiger partial charge in [-0.15, -0.1) is 0 Å². The molecule has 1 aliphatic carbocycles. The Morgan fingerprint density at radius 1 is 1.22 bits per heavy atom. The fourth-order valence-electron chi connectivity index (χ4n) is 4.01. The quantitative estimate of drug-likeness (QED) is 0.511. The molecule has 0 bridgehead atoms. The van der Waals surface area contributed by atoms with Crippen LogP contribution in [0.25, 0.3) is 0 Å². The highest BCUT2D eigenvalue weighted by molar-refractivity contribution is 5.99. The maximum absolute atomic E-state index is 12.3. The summed E-state index contributed by atoms with van der Waals surface area (Å²) in [7, 11) is 0. The third kappa shape index (κ3) is 6.70. The van der Waals surface area contributed by atoms with Crippen molar-refractivity contribution < 1.29 is 14.7 Å². The van der Waals surface area contributed by atoms with Crippen molar-refractivity contribution in [2.75, 3.05) is 0 Å². The Morgan fingerprint density at radius 2 is 1.93 bits per heavy atom. The molecule has 0 amide bonds. The molecular formula is C21H33N3O3. The van der Waals surface area contributed by atoms with Gasteiger partial charge in [0.05, 0.1) is 6.04 Å². The van der Waals surface area contributed by atoms with Gasteiger partial charge >= 0.3 is 5.97 Å². The highest BCUT2D eigenvalue weighted by Gasteiger charge is 2.33. The molecule has 0 radical (unpaired) electrons. The number of carbonyl (C=O) groups excluding carboxylic acids is 1. The van der Waals surface area contributed by atoms with E-state index in [0.29, 0.717) is 31.2 Å². The highest BCUT2D eigenvalue weighted by Crippen LogP contribution is 2.29. The van der Waals surface area contributed by atoms with Gasteiger partial charge in [0.15, 0.2) is 5.78 Å². The summed E-state index contributed by atoms with van der Waals surface area (Å²) in [4.78, 5) is 27.9. The first-order valence-electron chi connectivity index (χ1n) is 10.1. The minimum absolute atomic E-state index is 0.168. The number of nitrogens with two attached hydrogens (primary N) is 2. The molecule has 2 rings (SSSR count). The molecule has 0 aliphatic heterocycles. The molecule has 150 valence electrons. The first-order valence-corrected chi connectivity index (χ1v) is 10.1. The standard InChI is InChI=1S/C21H33N3O3/c22-18(19(25)17-10-6-14-24-15-17)11-5-13-21(23,20(26)27)12-4-9-16-7-2-1-3-8-16/h6,10,14-16,18H,1-5,7-9,11-13,22-23H2,(H,26,27)/t18?,21-/m0/s1. The van der Waals surface area contributed by atoms with Crippen LogP contribution < -0.4 is 11.5 Å². The molecule has 2 atom stereocenters. The number of ketones is 1. The van der Waals surface area contributed by atoms with E-state index in [4.69, 9.17) is 11.5 Å². The topological polar surface area (TPSA) is 119 Å². The van der Waals surface area contributed by atoms with Crippen LogP contribution in [0, 0.1) is 5.92 Å². The second kappa shape index (κ2) is 10.5. The van der Waals surface area contributed by atoms with Gasteiger partial charge in [-0.05, 0) is 43.7 Å². The van der Waals surface area contributed by atoms with Crippen LogP contribution in [-0.2, 0) is 4.79 Å². The molecule has 5 N–H and O–H groups in total. The van der Waals surface area contributed by atoms with Crippen molar-refractivity contribution in [3.63, 3.8) is 0 Å². The van der Waals surface area contributed by atoms with E-state index in [0.717, 1.165) is 18.8 Å². The number of aliphatic carboxylic acids is 1. The van der Waals surface area contributed by atoms with Crippen LogP contribution >= 0.6 is 0 Å². The molecule has 1 aliphatic rings. The zero-order valence-electron chi connectivity index (χ0n) is 16.1. The van der Waals surface area contributed by atoms with Gasteiger partial charge < -0.3 is 16.6 Å². The smallest absolute Gasteiger partial charge is 0.323 e. The Hall–Kier alpha value is -1.79. The summed E-state index contributed by atoms with van der Waals surface area (Å²) >= 11 is 0. The number of carbonyl (C=O) groups is 2. The highest BCUT2D eigenvalue weighted by atomic mass is 16.4. The minimum atomic E-state index is -1.23. The van der Waals surface area contributed by atoms with Crippen LogP contribution in [0.5, 0.6) is 0 Å². The molecule has 0 aromatic carbocycles. The average molecular weight is 376 g/mol. The number of pyridine rings is 1. The molecule has 1 saturated carbocycles. The Labute approximate surface area is 161 Å². The van der Waals surface area contributed by atoms with Gasteiger partial charge in [0, 0.05) is 18.0 Å². The van der Waals surface area contributed by atoms with Gasteiger partial charge in [0.25, 0.3) is 0 Å². The van der Waals surface area contributed by atoms with Crippen molar-refractivity contribution in [2.24, 2.45) is 17.4 Å². The monoisotopic (exact) mass is 375 g/mol. The lowest BCUT2D eigenvalue weighted by Crippen LogP contribution is -2.48. The summed E-state index contributed by atoms with van der Waals surface area (Å²) in [6.07, 6.45) is 13.2. The van der Waals surface area contributed by atoms with E-state index in [9.17, 15) is 14.7 Å². The fourth-order valence-corrected chi connectivity index (χ4v) is 4.01. The van der Waals surface area contributed by atoms with E-state index in [-0.39, 0.29) is 5.78 Å². The van der Waals surface area contributed by atoms with Gasteiger partial charge in [0.2, 0.25) is 0 Å². The van der Waals surface area contributed by atoms with Gasteiger partial charge in [-0.2, -0.15) is 0 Å². The minimum Gasteiger partial charge on any atom is -0.480 e. The maximum atomic E-state index is 12.3. The second-order valence-corrected chi connectivity index (χ2v) is 7.96. The Balaban J connectivity index is 1.77. The van der Waals surface area contributed by atoms with E-state index < -0.39 is 17.6 Å². The van der Waals surface area contributed by atoms with Crippen LogP contribution in [0.4, 0.5) is 0 Å². The molecule has 6 nitrogen and oxygen atoms in total. The summed E-state index contributed by atoms with van der Waals surface area (Å²) in [5.41, 5.74) is 11.4. The van der Waals surface area contributed by atoms with E-state index in [1.54, 1.807) is 18.3 Å². The number of aromatic nitrogens is 1. The normalized spacial score (nSPS) is 18.6. The number of carboxylic acid groups (broad SMARTS) is 1. The summed E-state index contributed by atoms with van der Waals surface area (Å²) in [5, 5.41) is 9.59. The summed E-state index contributed by atoms with van der Waals surface area (Å²) in [6.45, 7) is 0. The zero-order chi connectivity index (χ0) is 19.7. The van der Waals surface area contributed by atoms with Crippen LogP contribution in [0.1, 0.15) is 81.0 Å². The zero-order valence-corrected chi connectivity index (χ0v) is 16.1. The third-order valence-corrected chi connectivity index (χ3v) is 5.81. The molecule has 0 spiro atoms. The fraction of sp³-hybridized carbons (Fsp3) is 0.667. The largest absolute Gasteiger partial charge is 0.480 e. The van der Waals surface area contributed by atoms with E-state index in [1.165, 1.54) is 38.3 Å². The van der Waals surface area contributed by atoms with E-state index in [2.05, 4.69) is 4.98 Å². The molecule has 1 aromatic rings. The average Bonchev–Trinajstić information content (AvgIpc) is 2.68. The van der Waals surface area contributed by atoms with E-state index >= 15 is 0 Å². The Bertz CT molecular complexity index is 602. The molecule has 1 unspecified atom stereocenters. The van der Waals surface area contributed by atoms with Crippen molar-refractivity contribution in [2.45, 2.75) is 82.2 Å². The van der Waals surface area contributed by atoms with Gasteiger partial charge in [-0.25, -0.2) is 0 Å². The number of carboxylic acids is 1. The first kappa shape index (κ1) is 21.5. The lowest BCUT2D eigenvalue weighted by molar-refractivity contribution is -0.144. The number of hydrogen-bond acceptors (Lipinski definition) is 5. The predicted octanol–water partition coefficient (Wildman–Crippen LogP) is 3.29. The number of nitrogens with zero attached hydrogens (tertiary/aromatic N) is 1. The van der Waals surface area contributed by atoms with Crippen molar-refractivity contribution in [3.05, 3.63) is 30.1 Å². The van der Waals surface area contributed by atoms with Crippen molar-refractivity contribution in [1.29, 1.82) is 0 Å². The number of rotatable bonds is 11. The lowest BCUT2D eigenvalue weighted by atomic mass is 9.82. The molecule has 1 heterocycles. The van der Waals surface area contributed by atoms with E-state index in [1.807, 2.05) is 0 Å². The lowest BCUT2D eigenvalue weighted by Gasteiger charge is -2.27. The Morgan fingerprint density at radius 3 is 2.56 bits per heavy atom. The molecule has 0 saturated heterocycles. The third-order valence-electron chi connectivity index (χ3n) is 5.81. The first-order chi connectivity index (χ1) is 12.9. The summed E-state index contributed by atoms with van der Waals surface area (Å²) in [5.74, 6) is -0.404. The Kier molecular flexibility index (Phi) is 8.38. The van der Waals surface area contributed by atoms with Crippen molar-refractivity contribution in [3.8, 4) is 0 Å². The molecule has 6 heteroatoms. The van der Waals surface area contributed by atoms with Gasteiger partial charge in [0.1, 0.15) is 5.54 Å². The number of hydrogen-bond donors (Lipinski definition) is 3. The van der Waals surface area contributed by atoms with Gasteiger partial charge in [-0.3, -0.25) is 14.6 Å². The van der Waals surface area contributed by atoms with Crippen LogP contribution in [0.2, 0.25) is 0 Å². The van der Waals surface area contributed by atoms with Crippen LogP contribution in [0.3, 0.4) is 0 Å². The molecule has 1 aromatic heterocycles. The molecule has 27 heavy (non-hydrogen) atoms. The molecule has 1 fully saturated rings. The van der Waals surface area contributed by atoms with Crippen LogP contribution in [-0.4, -0.2) is 33.4 Å². The second-order valence-electron chi connectivity index (χ2n) is 7.96. The maximum Gasteiger partial charge on any atom is 0.323 e. The van der Waals surface area contributed by atoms with Crippen molar-refractivity contribution in [1.82, 2.24) is 4.98 Å². The molecular weight excluding hydrogens is 342 g/mol. The summed E-state index contributed by atoms with van der Waals surface area (Å²) in [6, 6.07) is 2.72. The van der Waals surface area contributed by atoms with Crippen LogP contribution in [0.15, 0.2) is 24.5 Å². The predicted molar refractivity (Wildman–Crippen MR) is 105 cm³/mol. The summed E-state index contributed by atoms with van der Waals surface area (Å²) < 4.78 is 0. The van der Waals surface area contributed by atoms with Gasteiger partial charge in [-0.1, -0.05) is 44.9 Å². The number of Topliss-reactive ketones (excluding diaryl/α,β-unsaturated/α-hetero) is 1. The van der Waals surface area contributed by atoms with Crippen molar-refractivity contribution >= 4 is 11.8 Å². The SMILES string of the molecule is NC(CCC[C@@](N)(CCCC1CCCCC1)C(=O)O)C(=O)c1cccnc1.